The van der Waals surface area contributed by atoms with Gasteiger partial charge in [0, 0.05) is 50.7 Å². The van der Waals surface area contributed by atoms with E-state index in [0.29, 0.717) is 62.8 Å². The van der Waals surface area contributed by atoms with Crippen molar-refractivity contribution < 1.29 is 22.7 Å². The van der Waals surface area contributed by atoms with E-state index in [1.54, 1.807) is 47.6 Å². The number of aromatic nitrogens is 4. The molecular formula is C25H26F3N7O3. The number of rotatable bonds is 6. The summed E-state index contributed by atoms with van der Waals surface area (Å²) in [7, 11) is 0. The number of hydrogen-bond donors (Lipinski definition) is 1. The Bertz CT molecular complexity index is 1330. The first-order valence-electron chi connectivity index (χ1n) is 12.3. The van der Waals surface area contributed by atoms with Crippen molar-refractivity contribution in [2.24, 2.45) is 0 Å². The fourth-order valence-electron chi connectivity index (χ4n) is 4.86. The molecule has 200 valence electrons. The van der Waals surface area contributed by atoms with Crippen LogP contribution in [-0.4, -0.2) is 76.3 Å². The monoisotopic (exact) mass is 529 g/mol. The van der Waals surface area contributed by atoms with E-state index in [-0.39, 0.29) is 24.2 Å². The lowest BCUT2D eigenvalue weighted by molar-refractivity contribution is -0.138. The van der Waals surface area contributed by atoms with E-state index in [4.69, 9.17) is 4.74 Å². The topological polar surface area (TPSA) is 108 Å². The van der Waals surface area contributed by atoms with Crippen LogP contribution in [-0.2, 0) is 6.18 Å². The van der Waals surface area contributed by atoms with Gasteiger partial charge in [-0.15, -0.1) is 0 Å². The average molecular weight is 530 g/mol. The fraction of sp³-hybridized carbons (Fsp3) is 0.400. The number of halogens is 3. The molecule has 2 saturated heterocycles. The van der Waals surface area contributed by atoms with Crippen molar-refractivity contribution in [3.05, 3.63) is 70.4 Å². The summed E-state index contributed by atoms with van der Waals surface area (Å²) in [6.07, 6.45) is 0.831. The van der Waals surface area contributed by atoms with Gasteiger partial charge < -0.3 is 19.4 Å². The van der Waals surface area contributed by atoms with Crippen molar-refractivity contribution >= 4 is 17.5 Å². The number of hydrogen-bond acceptors (Lipinski definition) is 8. The standard InChI is InChI=1S/C25H26F3N7O3/c26-25(27,28)21-20(15-31-32-22(21)36)35-9-2-5-18(35)16-38-19-6-1-4-17(14-19)23(37)33-10-12-34(13-11-33)24-29-7-3-8-30-24/h1,3-4,6-8,14-15,18H,2,5,9-13,16H2,(H,32,36). The largest absolute Gasteiger partial charge is 0.491 e. The van der Waals surface area contributed by atoms with Crippen molar-refractivity contribution in [1.82, 2.24) is 25.1 Å². The molecule has 2 aliphatic heterocycles. The second kappa shape index (κ2) is 10.7. The number of carbonyl (C=O) groups is 1. The van der Waals surface area contributed by atoms with Gasteiger partial charge in [0.15, 0.2) is 0 Å². The van der Waals surface area contributed by atoms with Crippen LogP contribution in [0.3, 0.4) is 0 Å². The molecule has 38 heavy (non-hydrogen) atoms. The Morgan fingerprint density at radius 1 is 1.08 bits per heavy atom. The van der Waals surface area contributed by atoms with Gasteiger partial charge in [-0.2, -0.15) is 18.3 Å². The molecule has 2 fully saturated rings. The average Bonchev–Trinajstić information content (AvgIpc) is 3.40. The maximum absolute atomic E-state index is 13.6. The number of alkyl halides is 3. The molecule has 0 radical (unpaired) electrons. The van der Waals surface area contributed by atoms with Crippen LogP contribution >= 0.6 is 0 Å². The number of anilines is 2. The first-order valence-corrected chi connectivity index (χ1v) is 12.3. The maximum Gasteiger partial charge on any atom is 0.423 e. The molecule has 0 aliphatic carbocycles. The molecular weight excluding hydrogens is 503 g/mol. The molecule has 2 aliphatic rings. The van der Waals surface area contributed by atoms with E-state index in [1.165, 1.54) is 4.90 Å². The van der Waals surface area contributed by atoms with Crippen LogP contribution in [0, 0.1) is 0 Å². The van der Waals surface area contributed by atoms with Gasteiger partial charge in [-0.05, 0) is 37.1 Å². The third-order valence-corrected chi connectivity index (χ3v) is 6.73. The molecule has 1 aromatic carbocycles. The molecule has 1 atom stereocenters. The summed E-state index contributed by atoms with van der Waals surface area (Å²) in [4.78, 5) is 38.9. The van der Waals surface area contributed by atoms with E-state index in [9.17, 15) is 22.8 Å². The summed E-state index contributed by atoms with van der Waals surface area (Å²) in [5.74, 6) is 0.948. The van der Waals surface area contributed by atoms with Crippen LogP contribution in [0.4, 0.5) is 24.8 Å². The van der Waals surface area contributed by atoms with Crippen molar-refractivity contribution in [1.29, 1.82) is 0 Å². The van der Waals surface area contributed by atoms with Crippen molar-refractivity contribution in [2.45, 2.75) is 25.1 Å². The number of amides is 1. The Labute approximate surface area is 216 Å². The van der Waals surface area contributed by atoms with Gasteiger partial charge in [0.1, 0.15) is 17.9 Å². The molecule has 3 aromatic rings. The van der Waals surface area contributed by atoms with E-state index in [2.05, 4.69) is 15.1 Å². The smallest absolute Gasteiger partial charge is 0.423 e. The Balaban J connectivity index is 1.22. The molecule has 13 heteroatoms. The van der Waals surface area contributed by atoms with Gasteiger partial charge in [0.05, 0.1) is 17.9 Å². The predicted molar refractivity (Wildman–Crippen MR) is 132 cm³/mol. The normalized spacial score (nSPS) is 18.1. The van der Waals surface area contributed by atoms with Crippen LogP contribution in [0.2, 0.25) is 0 Å². The van der Waals surface area contributed by atoms with Crippen molar-refractivity contribution in [2.75, 3.05) is 49.1 Å². The van der Waals surface area contributed by atoms with Crippen molar-refractivity contribution in [3.8, 4) is 5.75 Å². The van der Waals surface area contributed by atoms with Gasteiger partial charge in [-0.1, -0.05) is 6.07 Å². The van der Waals surface area contributed by atoms with Gasteiger partial charge >= 0.3 is 6.18 Å². The minimum atomic E-state index is -4.81. The second-order valence-corrected chi connectivity index (χ2v) is 9.11. The molecule has 1 unspecified atom stereocenters. The van der Waals surface area contributed by atoms with Gasteiger partial charge in [0.2, 0.25) is 5.95 Å². The molecule has 5 rings (SSSR count). The summed E-state index contributed by atoms with van der Waals surface area (Å²) in [6, 6.07) is 8.14. The number of carbonyl (C=O) groups excluding carboxylic acids is 1. The minimum Gasteiger partial charge on any atom is -0.491 e. The van der Waals surface area contributed by atoms with E-state index < -0.39 is 17.3 Å². The van der Waals surface area contributed by atoms with E-state index in [1.807, 2.05) is 10.00 Å². The number of H-pyrrole nitrogens is 1. The number of piperazine rings is 1. The first kappa shape index (κ1) is 25.5. The predicted octanol–water partition coefficient (Wildman–Crippen LogP) is 2.59. The highest BCUT2D eigenvalue weighted by atomic mass is 19.4. The van der Waals surface area contributed by atoms with Crippen LogP contribution in [0.25, 0.3) is 0 Å². The molecule has 2 aromatic heterocycles. The fourth-order valence-corrected chi connectivity index (χ4v) is 4.86. The molecule has 0 bridgehead atoms. The van der Waals surface area contributed by atoms with Gasteiger partial charge in [0.25, 0.3) is 11.5 Å². The SMILES string of the molecule is O=C(c1cccc(OCC2CCCN2c2cn[nH]c(=O)c2C(F)(F)F)c1)N1CCN(c2ncccn2)CC1. The highest BCUT2D eigenvalue weighted by Gasteiger charge is 2.40. The van der Waals surface area contributed by atoms with Crippen LogP contribution in [0.1, 0.15) is 28.8 Å². The number of nitrogens with zero attached hydrogens (tertiary/aromatic N) is 6. The number of benzene rings is 1. The summed E-state index contributed by atoms with van der Waals surface area (Å²) in [6.45, 7) is 2.70. The molecule has 0 spiro atoms. The van der Waals surface area contributed by atoms with Crippen LogP contribution < -0.4 is 20.1 Å². The lowest BCUT2D eigenvalue weighted by Crippen LogP contribution is -2.49. The first-order chi connectivity index (χ1) is 18.3. The number of nitrogens with one attached hydrogen (secondary N) is 1. The third kappa shape index (κ3) is 5.41. The third-order valence-electron chi connectivity index (χ3n) is 6.73. The highest BCUT2D eigenvalue weighted by Crippen LogP contribution is 2.36. The molecule has 4 heterocycles. The highest BCUT2D eigenvalue weighted by molar-refractivity contribution is 5.94. The quantitative estimate of drug-likeness (QED) is 0.519. The Morgan fingerprint density at radius 2 is 1.84 bits per heavy atom. The van der Waals surface area contributed by atoms with Crippen molar-refractivity contribution in [3.63, 3.8) is 0 Å². The second-order valence-electron chi connectivity index (χ2n) is 9.11. The lowest BCUT2D eigenvalue weighted by atomic mass is 10.1. The number of aromatic amines is 1. The van der Waals surface area contributed by atoms with Gasteiger partial charge in [-0.25, -0.2) is 15.1 Å². The van der Waals surface area contributed by atoms with E-state index in [0.717, 1.165) is 6.20 Å². The Kier molecular flexibility index (Phi) is 7.16. The summed E-state index contributed by atoms with van der Waals surface area (Å²) in [5, 5.41) is 5.45. The Hall–Kier alpha value is -4.16. The summed E-state index contributed by atoms with van der Waals surface area (Å²) < 4.78 is 46.6. The lowest BCUT2D eigenvalue weighted by Gasteiger charge is -2.34. The van der Waals surface area contributed by atoms with Crippen LogP contribution in [0.15, 0.2) is 53.7 Å². The zero-order chi connectivity index (χ0) is 26.7. The zero-order valence-corrected chi connectivity index (χ0v) is 20.4. The molecule has 1 N–H and O–H groups in total. The molecule has 0 saturated carbocycles. The van der Waals surface area contributed by atoms with Gasteiger partial charge in [-0.3, -0.25) is 9.59 Å². The minimum absolute atomic E-state index is 0.0947. The maximum atomic E-state index is 13.6. The Morgan fingerprint density at radius 3 is 2.58 bits per heavy atom. The zero-order valence-electron chi connectivity index (χ0n) is 20.4. The molecule has 1 amide bonds. The summed E-state index contributed by atoms with van der Waals surface area (Å²) in [5.41, 5.74) is -2.32. The number of ether oxygens (including phenoxy) is 1. The molecule has 10 nitrogen and oxygen atoms in total. The summed E-state index contributed by atoms with van der Waals surface area (Å²) >= 11 is 0. The van der Waals surface area contributed by atoms with Crippen LogP contribution in [0.5, 0.6) is 5.75 Å². The van der Waals surface area contributed by atoms with E-state index >= 15 is 0 Å².